The second kappa shape index (κ2) is 15.0. The van der Waals surface area contributed by atoms with Gasteiger partial charge in [0.1, 0.15) is 6.10 Å². The van der Waals surface area contributed by atoms with Gasteiger partial charge in [-0.05, 0) is 87.9 Å². The summed E-state index contributed by atoms with van der Waals surface area (Å²) < 4.78 is 19.2. The average Bonchev–Trinajstić information content (AvgIpc) is 3.51. The molecule has 0 aromatic rings. The largest absolute Gasteiger partial charge is 0.388 e. The highest BCUT2D eigenvalue weighted by Gasteiger charge is 2.43. The molecule has 5 rings (SSSR count). The highest BCUT2D eigenvalue weighted by Crippen LogP contribution is 2.43. The fraction of sp³-hybridized carbons (Fsp3) is 0.941. The number of rotatable bonds is 9. The van der Waals surface area contributed by atoms with Gasteiger partial charge in [0, 0.05) is 25.6 Å². The van der Waals surface area contributed by atoms with Crippen molar-refractivity contribution >= 4 is 5.91 Å². The number of hydrogen-bond acceptors (Lipinski definition) is 6. The molecule has 41 heavy (non-hydrogen) atoms. The number of likely N-dealkylation sites (tertiary alicyclic amines) is 1. The minimum atomic E-state index is -0.580. The van der Waals surface area contributed by atoms with E-state index in [2.05, 4.69) is 24.8 Å². The van der Waals surface area contributed by atoms with E-state index in [1.54, 1.807) is 0 Å². The van der Waals surface area contributed by atoms with Gasteiger partial charge < -0.3 is 24.2 Å². The SMILES string of the molecule is CC1CC(O[C@@H]2CCC[C@H](C)C2OC2OCCCC2O)CC(CC(CC2CCCCC2)C(=O)N2CCCC2)C1C#N. The number of nitriles is 1. The number of aliphatic hydroxyl groups excluding tert-OH is 1. The molecule has 10 atom stereocenters. The molecule has 0 bridgehead atoms. The Balaban J connectivity index is 1.27. The molecule has 3 aliphatic carbocycles. The zero-order valence-corrected chi connectivity index (χ0v) is 25.8. The fourth-order valence-electron chi connectivity index (χ4n) is 8.85. The van der Waals surface area contributed by atoms with Gasteiger partial charge in [0.05, 0.1) is 30.3 Å². The summed E-state index contributed by atoms with van der Waals surface area (Å²) >= 11 is 0. The van der Waals surface area contributed by atoms with Gasteiger partial charge >= 0.3 is 0 Å². The molecule has 8 unspecified atom stereocenters. The van der Waals surface area contributed by atoms with Gasteiger partial charge in [-0.3, -0.25) is 4.79 Å². The Labute approximate surface area is 248 Å². The summed E-state index contributed by atoms with van der Waals surface area (Å²) in [5, 5.41) is 20.8. The Morgan fingerprint density at radius 2 is 1.71 bits per heavy atom. The molecular weight excluding hydrogens is 516 g/mol. The molecule has 232 valence electrons. The number of carbonyl (C=O) groups excluding carboxylic acids is 1. The molecule has 2 saturated heterocycles. The van der Waals surface area contributed by atoms with E-state index in [4.69, 9.17) is 14.2 Å². The highest BCUT2D eigenvalue weighted by molar-refractivity contribution is 5.79. The van der Waals surface area contributed by atoms with E-state index < -0.39 is 12.4 Å². The molecule has 3 saturated carbocycles. The molecule has 0 spiro atoms. The number of amides is 1. The second-order valence-electron chi connectivity index (χ2n) is 14.3. The maximum atomic E-state index is 13.8. The third-order valence-corrected chi connectivity index (χ3v) is 11.1. The van der Waals surface area contributed by atoms with Crippen molar-refractivity contribution in [2.45, 2.75) is 147 Å². The first kappa shape index (κ1) is 31.2. The predicted molar refractivity (Wildman–Crippen MR) is 158 cm³/mol. The summed E-state index contributed by atoms with van der Waals surface area (Å²) in [6, 6.07) is 2.67. The van der Waals surface area contributed by atoms with E-state index in [0.717, 1.165) is 77.3 Å². The number of nitrogens with zero attached hydrogens (tertiary/aromatic N) is 2. The summed E-state index contributed by atoms with van der Waals surface area (Å²) in [5.41, 5.74) is 0. The van der Waals surface area contributed by atoms with Crippen molar-refractivity contribution < 1.29 is 24.1 Å². The van der Waals surface area contributed by atoms with Crippen LogP contribution in [0.3, 0.4) is 0 Å². The van der Waals surface area contributed by atoms with Crippen LogP contribution in [0.1, 0.15) is 117 Å². The zero-order valence-electron chi connectivity index (χ0n) is 25.8. The van der Waals surface area contributed by atoms with Crippen LogP contribution in [-0.2, 0) is 19.0 Å². The van der Waals surface area contributed by atoms with E-state index in [1.165, 1.54) is 32.1 Å². The van der Waals surface area contributed by atoms with Crippen molar-refractivity contribution in [3.8, 4) is 6.07 Å². The van der Waals surface area contributed by atoms with Crippen LogP contribution in [0, 0.1) is 46.8 Å². The first-order valence-electron chi connectivity index (χ1n) is 17.2. The van der Waals surface area contributed by atoms with Gasteiger partial charge in [-0.2, -0.15) is 5.26 Å². The lowest BCUT2D eigenvalue weighted by Gasteiger charge is -2.44. The Morgan fingerprint density at radius 1 is 0.927 bits per heavy atom. The van der Waals surface area contributed by atoms with Gasteiger partial charge in [0.15, 0.2) is 6.29 Å². The van der Waals surface area contributed by atoms with Crippen LogP contribution in [0.2, 0.25) is 0 Å². The molecule has 7 heteroatoms. The lowest BCUT2D eigenvalue weighted by atomic mass is 9.68. The Kier molecular flexibility index (Phi) is 11.4. The Morgan fingerprint density at radius 3 is 2.44 bits per heavy atom. The molecule has 1 N–H and O–H groups in total. The molecule has 0 aromatic carbocycles. The number of ether oxygens (including phenoxy) is 3. The minimum Gasteiger partial charge on any atom is -0.388 e. The van der Waals surface area contributed by atoms with Crippen LogP contribution in [0.25, 0.3) is 0 Å². The number of carbonyl (C=O) groups is 1. The highest BCUT2D eigenvalue weighted by atomic mass is 16.7. The summed E-state index contributed by atoms with van der Waals surface area (Å²) in [4.78, 5) is 15.9. The van der Waals surface area contributed by atoms with E-state index in [0.29, 0.717) is 30.8 Å². The molecule has 5 aliphatic rings. The smallest absolute Gasteiger partial charge is 0.225 e. The fourth-order valence-corrected chi connectivity index (χ4v) is 8.85. The molecule has 7 nitrogen and oxygen atoms in total. The van der Waals surface area contributed by atoms with Crippen molar-refractivity contribution in [3.63, 3.8) is 0 Å². The maximum absolute atomic E-state index is 13.8. The van der Waals surface area contributed by atoms with Gasteiger partial charge in [0.2, 0.25) is 5.91 Å². The second-order valence-corrected chi connectivity index (χ2v) is 14.3. The molecular formula is C34H56N2O5. The lowest BCUT2D eigenvalue weighted by molar-refractivity contribution is -0.268. The van der Waals surface area contributed by atoms with Gasteiger partial charge in [0.25, 0.3) is 0 Å². The summed E-state index contributed by atoms with van der Waals surface area (Å²) in [6.45, 7) is 6.86. The van der Waals surface area contributed by atoms with E-state index >= 15 is 0 Å². The van der Waals surface area contributed by atoms with Gasteiger partial charge in [-0.1, -0.05) is 52.4 Å². The van der Waals surface area contributed by atoms with E-state index in [9.17, 15) is 15.2 Å². The molecule has 1 amide bonds. The molecule has 5 fully saturated rings. The van der Waals surface area contributed by atoms with Crippen LogP contribution in [0.15, 0.2) is 0 Å². The predicted octanol–water partition coefficient (Wildman–Crippen LogP) is 6.23. The zero-order chi connectivity index (χ0) is 28.8. The van der Waals surface area contributed by atoms with Crippen LogP contribution in [-0.4, -0.2) is 66.3 Å². The molecule has 0 aromatic heterocycles. The van der Waals surface area contributed by atoms with Gasteiger partial charge in [-0.25, -0.2) is 0 Å². The Hall–Kier alpha value is -1.20. The normalized spacial score (nSPS) is 39.8. The lowest BCUT2D eigenvalue weighted by Crippen LogP contribution is -2.49. The standard InChI is InChI=1S/C34H56N2O5/c1-23-10-8-14-31(32(23)41-34-30(37)13-9-17-39-34)40-28-18-24(2)29(22-35)26(21-28)20-27(19-25-11-4-3-5-12-25)33(38)36-15-6-7-16-36/h23-32,34,37H,3-21H2,1-2H3/t23-,24?,26?,27?,28?,29?,30?,31+,32?,34?/m0/s1. The number of aliphatic hydroxyl groups is 1. The van der Waals surface area contributed by atoms with Gasteiger partial charge in [-0.15, -0.1) is 0 Å². The monoisotopic (exact) mass is 572 g/mol. The first-order valence-corrected chi connectivity index (χ1v) is 17.2. The first-order chi connectivity index (χ1) is 19.9. The Bertz CT molecular complexity index is 866. The molecule has 2 heterocycles. The van der Waals surface area contributed by atoms with Crippen LogP contribution >= 0.6 is 0 Å². The third-order valence-electron chi connectivity index (χ3n) is 11.1. The topological polar surface area (TPSA) is 92.0 Å². The van der Waals surface area contributed by atoms with Crippen molar-refractivity contribution in [1.29, 1.82) is 5.26 Å². The quantitative estimate of drug-likeness (QED) is 0.352. The third kappa shape index (κ3) is 8.05. The van der Waals surface area contributed by atoms with Crippen LogP contribution < -0.4 is 0 Å². The average molecular weight is 573 g/mol. The van der Waals surface area contributed by atoms with Crippen LogP contribution in [0.5, 0.6) is 0 Å². The van der Waals surface area contributed by atoms with Crippen LogP contribution in [0.4, 0.5) is 0 Å². The molecule has 2 aliphatic heterocycles. The summed E-state index contributed by atoms with van der Waals surface area (Å²) in [7, 11) is 0. The van der Waals surface area contributed by atoms with Crippen molar-refractivity contribution in [2.75, 3.05) is 19.7 Å². The maximum Gasteiger partial charge on any atom is 0.225 e. The van der Waals surface area contributed by atoms with Crippen molar-refractivity contribution in [3.05, 3.63) is 0 Å². The number of hydrogen-bond donors (Lipinski definition) is 1. The van der Waals surface area contributed by atoms with E-state index in [1.807, 2.05) is 0 Å². The minimum absolute atomic E-state index is 0.0266. The van der Waals surface area contributed by atoms with Crippen molar-refractivity contribution in [1.82, 2.24) is 4.90 Å². The molecule has 0 radical (unpaired) electrons. The van der Waals surface area contributed by atoms with E-state index in [-0.39, 0.29) is 42.0 Å². The summed E-state index contributed by atoms with van der Waals surface area (Å²) in [5.74, 6) is 1.75. The van der Waals surface area contributed by atoms with Crippen molar-refractivity contribution in [2.24, 2.45) is 35.5 Å². The summed E-state index contributed by atoms with van der Waals surface area (Å²) in [6.07, 6.45) is 15.7.